The Labute approximate surface area is 65.8 Å². The van der Waals surface area contributed by atoms with Gasteiger partial charge in [0.1, 0.15) is 6.61 Å². The summed E-state index contributed by atoms with van der Waals surface area (Å²) in [4.78, 5) is 5.14. The average Bonchev–Trinajstić information content (AvgIpc) is 2.52. The van der Waals surface area contributed by atoms with Crippen LogP contribution >= 0.6 is 0 Å². The second-order valence-electron chi connectivity index (χ2n) is 2.41. The average molecular weight is 159 g/mol. The number of hydrogen-bond donors (Lipinski definition) is 0. The Balaban J connectivity index is 2.32. The zero-order valence-corrected chi connectivity index (χ0v) is 6.69. The smallest absolute Gasteiger partial charge is 0.233 e. The van der Waals surface area contributed by atoms with Crippen molar-refractivity contribution in [2.45, 2.75) is 19.8 Å². The summed E-state index contributed by atoms with van der Waals surface area (Å²) in [5, 5.41) is 15.9. The van der Waals surface area contributed by atoms with E-state index in [0.29, 0.717) is 11.6 Å². The SMILES string of the molecule is CCO/N=[N+](\[O-])N1CCCC1. The van der Waals surface area contributed by atoms with Crippen LogP contribution in [-0.2, 0) is 4.84 Å². The summed E-state index contributed by atoms with van der Waals surface area (Å²) in [6, 6.07) is 0. The van der Waals surface area contributed by atoms with Gasteiger partial charge in [0, 0.05) is 0 Å². The molecule has 0 bridgehead atoms. The molecular formula is C6H13N3O2. The molecule has 1 aliphatic heterocycles. The summed E-state index contributed by atoms with van der Waals surface area (Å²) < 4.78 is 0. The third-order valence-corrected chi connectivity index (χ3v) is 1.58. The van der Waals surface area contributed by atoms with Crippen LogP contribution in [0.25, 0.3) is 0 Å². The van der Waals surface area contributed by atoms with E-state index in [-0.39, 0.29) is 0 Å². The first-order valence-corrected chi connectivity index (χ1v) is 3.89. The number of rotatable bonds is 3. The van der Waals surface area contributed by atoms with Crippen LogP contribution in [0.2, 0.25) is 0 Å². The number of nitrogens with zero attached hydrogens (tertiary/aromatic N) is 3. The second kappa shape index (κ2) is 4.00. The number of hydrogen-bond acceptors (Lipinski definition) is 3. The Morgan fingerprint density at radius 2 is 2.18 bits per heavy atom. The normalized spacial score (nSPS) is 19.0. The zero-order chi connectivity index (χ0) is 8.10. The van der Waals surface area contributed by atoms with Gasteiger partial charge < -0.3 is 10.0 Å². The fraction of sp³-hybridized carbons (Fsp3) is 1.00. The summed E-state index contributed by atoms with van der Waals surface area (Å²) in [7, 11) is 0. The molecule has 0 aliphatic carbocycles. The molecular weight excluding hydrogens is 146 g/mol. The molecule has 0 saturated carbocycles. The molecule has 11 heavy (non-hydrogen) atoms. The molecule has 0 N–H and O–H groups in total. The van der Waals surface area contributed by atoms with E-state index in [9.17, 15) is 5.21 Å². The molecule has 0 aromatic carbocycles. The predicted octanol–water partition coefficient (Wildman–Crippen LogP) is 0.911. The molecule has 0 spiro atoms. The zero-order valence-electron chi connectivity index (χ0n) is 6.69. The largest absolute Gasteiger partial charge is 0.569 e. The minimum Gasteiger partial charge on any atom is -0.569 e. The molecule has 0 unspecified atom stereocenters. The molecule has 1 aliphatic rings. The molecule has 5 nitrogen and oxygen atoms in total. The Kier molecular flexibility index (Phi) is 2.95. The van der Waals surface area contributed by atoms with Gasteiger partial charge in [-0.2, -0.15) is 0 Å². The Bertz CT molecular complexity index is 143. The van der Waals surface area contributed by atoms with E-state index < -0.39 is 0 Å². The van der Waals surface area contributed by atoms with Gasteiger partial charge in [-0.05, 0) is 19.8 Å². The molecule has 0 aromatic heterocycles. The molecule has 1 rings (SSSR count). The van der Waals surface area contributed by atoms with Crippen LogP contribution in [0.1, 0.15) is 19.8 Å². The molecule has 5 heteroatoms. The van der Waals surface area contributed by atoms with E-state index in [4.69, 9.17) is 0 Å². The van der Waals surface area contributed by atoms with Crippen LogP contribution in [0, 0.1) is 5.21 Å². The summed E-state index contributed by atoms with van der Waals surface area (Å²) in [6.07, 6.45) is 2.14. The second-order valence-corrected chi connectivity index (χ2v) is 2.41. The highest BCUT2D eigenvalue weighted by molar-refractivity contribution is 4.55. The highest BCUT2D eigenvalue weighted by atomic mass is 16.7. The highest BCUT2D eigenvalue weighted by Gasteiger charge is 2.18. The molecule has 0 atom stereocenters. The Hall–Kier alpha value is -1.00. The first kappa shape index (κ1) is 8.10. The van der Waals surface area contributed by atoms with Crippen molar-refractivity contribution in [1.82, 2.24) is 5.01 Å². The molecule has 1 fully saturated rings. The first-order valence-electron chi connectivity index (χ1n) is 3.89. The summed E-state index contributed by atoms with van der Waals surface area (Å²) in [5.41, 5.74) is 0. The van der Waals surface area contributed by atoms with Crippen molar-refractivity contribution in [3.05, 3.63) is 5.21 Å². The molecule has 0 radical (unpaired) electrons. The highest BCUT2D eigenvalue weighted by Crippen LogP contribution is 2.06. The number of hydrazine groups is 1. The molecule has 1 saturated heterocycles. The lowest BCUT2D eigenvalue weighted by Crippen LogP contribution is -2.27. The van der Waals surface area contributed by atoms with Crippen LogP contribution in [0.4, 0.5) is 0 Å². The van der Waals surface area contributed by atoms with Gasteiger partial charge in [0.05, 0.1) is 18.1 Å². The van der Waals surface area contributed by atoms with E-state index in [1.165, 1.54) is 0 Å². The quantitative estimate of drug-likeness (QED) is 0.349. The molecule has 64 valence electrons. The van der Waals surface area contributed by atoms with Crippen molar-refractivity contribution in [3.8, 4) is 0 Å². The van der Waals surface area contributed by atoms with Crippen molar-refractivity contribution in [2.24, 2.45) is 5.28 Å². The maximum Gasteiger partial charge on any atom is 0.233 e. The van der Waals surface area contributed by atoms with Gasteiger partial charge in [-0.25, -0.2) is 0 Å². The van der Waals surface area contributed by atoms with Crippen LogP contribution in [0.15, 0.2) is 5.28 Å². The van der Waals surface area contributed by atoms with E-state index in [1.807, 2.05) is 0 Å². The summed E-state index contributed by atoms with van der Waals surface area (Å²) >= 11 is 0. The van der Waals surface area contributed by atoms with E-state index in [0.717, 1.165) is 25.9 Å². The lowest BCUT2D eigenvalue weighted by molar-refractivity contribution is -0.707. The lowest BCUT2D eigenvalue weighted by atomic mass is 10.4. The van der Waals surface area contributed by atoms with Crippen LogP contribution < -0.4 is 0 Å². The molecule has 1 heterocycles. The maximum atomic E-state index is 11.0. The van der Waals surface area contributed by atoms with Gasteiger partial charge in [-0.15, -0.1) is 5.01 Å². The van der Waals surface area contributed by atoms with E-state index in [2.05, 4.69) is 10.1 Å². The predicted molar refractivity (Wildman–Crippen MR) is 38.5 cm³/mol. The van der Waals surface area contributed by atoms with E-state index in [1.54, 1.807) is 11.9 Å². The van der Waals surface area contributed by atoms with Gasteiger partial charge in [0.15, 0.2) is 0 Å². The summed E-state index contributed by atoms with van der Waals surface area (Å²) in [6.45, 7) is 3.81. The minimum atomic E-state index is 0.437. The van der Waals surface area contributed by atoms with Crippen LogP contribution in [0.3, 0.4) is 0 Å². The maximum absolute atomic E-state index is 11.0. The minimum absolute atomic E-state index is 0.437. The van der Waals surface area contributed by atoms with Crippen molar-refractivity contribution < 1.29 is 9.81 Å². The summed E-state index contributed by atoms with van der Waals surface area (Å²) in [5.74, 6) is 0. The van der Waals surface area contributed by atoms with Gasteiger partial charge in [0.2, 0.25) is 5.28 Å². The monoisotopic (exact) mass is 159 g/mol. The molecule has 0 aromatic rings. The van der Waals surface area contributed by atoms with Gasteiger partial charge in [-0.3, -0.25) is 0 Å². The standard InChI is InChI=1S/C6H13N3O2/c1-2-11-7-9(10)8-5-3-4-6-8/h2-6H2,1H3/b9-7-. The van der Waals surface area contributed by atoms with E-state index >= 15 is 0 Å². The van der Waals surface area contributed by atoms with Gasteiger partial charge in [0.25, 0.3) is 0 Å². The van der Waals surface area contributed by atoms with Gasteiger partial charge in [-0.1, -0.05) is 0 Å². The van der Waals surface area contributed by atoms with Crippen molar-refractivity contribution in [1.29, 1.82) is 0 Å². The van der Waals surface area contributed by atoms with Crippen LogP contribution in [-0.4, -0.2) is 29.7 Å². The molecule has 0 amide bonds. The van der Waals surface area contributed by atoms with Crippen molar-refractivity contribution in [3.63, 3.8) is 0 Å². The van der Waals surface area contributed by atoms with Crippen molar-refractivity contribution in [2.75, 3.05) is 19.7 Å². The van der Waals surface area contributed by atoms with Gasteiger partial charge >= 0.3 is 0 Å². The Morgan fingerprint density at radius 3 is 2.73 bits per heavy atom. The fourth-order valence-electron chi connectivity index (χ4n) is 1.03. The third-order valence-electron chi connectivity index (χ3n) is 1.58. The Morgan fingerprint density at radius 1 is 1.55 bits per heavy atom. The van der Waals surface area contributed by atoms with Crippen molar-refractivity contribution >= 4 is 0 Å². The lowest BCUT2D eigenvalue weighted by Gasteiger charge is -2.09. The third kappa shape index (κ3) is 2.25. The first-order chi connectivity index (χ1) is 5.34. The fourth-order valence-corrected chi connectivity index (χ4v) is 1.03. The van der Waals surface area contributed by atoms with Crippen LogP contribution in [0.5, 0.6) is 0 Å². The topological polar surface area (TPSA) is 50.9 Å².